The van der Waals surface area contributed by atoms with Gasteiger partial charge in [-0.2, -0.15) is 0 Å². The van der Waals surface area contributed by atoms with Crippen molar-refractivity contribution < 1.29 is 9.18 Å². The van der Waals surface area contributed by atoms with E-state index in [1.807, 2.05) is 17.5 Å². The average Bonchev–Trinajstić information content (AvgIpc) is 2.84. The molecule has 1 aromatic carbocycles. The molecule has 1 aromatic heterocycles. The molecular weight excluding hydrogens is 251 g/mol. The third-order valence-corrected chi connectivity index (χ3v) is 3.18. The van der Waals surface area contributed by atoms with Crippen LogP contribution in [0.3, 0.4) is 0 Å². The molecule has 94 valence electrons. The predicted molar refractivity (Wildman–Crippen MR) is 71.4 cm³/mol. The highest BCUT2D eigenvalue weighted by atomic mass is 32.1. The first-order chi connectivity index (χ1) is 8.75. The molecule has 0 aliphatic rings. The Morgan fingerprint density at radius 3 is 2.78 bits per heavy atom. The fourth-order valence-corrected chi connectivity index (χ4v) is 2.13. The van der Waals surface area contributed by atoms with Gasteiger partial charge in [-0.25, -0.2) is 9.18 Å². The summed E-state index contributed by atoms with van der Waals surface area (Å²) in [5.74, 6) is -0.238. The van der Waals surface area contributed by atoms with Crippen molar-refractivity contribution in [2.45, 2.75) is 6.42 Å². The standard InChI is InChI=1S/C13H13FN2OS/c14-11-5-2-1-4-10(11)7-8-15-13(17)16-12-6-3-9-18-12/h1-6,9H,7-8H2,(H2,15,16,17). The van der Waals surface area contributed by atoms with Gasteiger partial charge < -0.3 is 5.32 Å². The molecule has 0 atom stereocenters. The van der Waals surface area contributed by atoms with E-state index in [1.54, 1.807) is 18.2 Å². The minimum Gasteiger partial charge on any atom is -0.338 e. The highest BCUT2D eigenvalue weighted by molar-refractivity contribution is 7.14. The Morgan fingerprint density at radius 1 is 1.22 bits per heavy atom. The van der Waals surface area contributed by atoms with Gasteiger partial charge in [-0.3, -0.25) is 5.32 Å². The summed E-state index contributed by atoms with van der Waals surface area (Å²) < 4.78 is 13.3. The van der Waals surface area contributed by atoms with Crippen molar-refractivity contribution >= 4 is 22.4 Å². The minimum absolute atomic E-state index is 0.238. The first kappa shape index (κ1) is 12.6. The van der Waals surface area contributed by atoms with Gasteiger partial charge in [-0.15, -0.1) is 11.3 Å². The lowest BCUT2D eigenvalue weighted by Crippen LogP contribution is -2.30. The molecule has 0 saturated heterocycles. The number of urea groups is 1. The minimum atomic E-state index is -0.270. The van der Waals surface area contributed by atoms with Crippen molar-refractivity contribution in [3.05, 3.63) is 53.2 Å². The van der Waals surface area contributed by atoms with Gasteiger partial charge in [0.25, 0.3) is 0 Å². The zero-order valence-electron chi connectivity index (χ0n) is 9.65. The van der Waals surface area contributed by atoms with E-state index in [4.69, 9.17) is 0 Å². The van der Waals surface area contributed by atoms with Gasteiger partial charge in [0, 0.05) is 6.54 Å². The molecule has 0 saturated carbocycles. The van der Waals surface area contributed by atoms with Gasteiger partial charge in [-0.05, 0) is 35.6 Å². The van der Waals surface area contributed by atoms with E-state index in [0.717, 1.165) is 5.00 Å². The molecule has 0 aliphatic carbocycles. The molecule has 2 aromatic rings. The number of carbonyl (C=O) groups is 1. The Hall–Kier alpha value is -1.88. The first-order valence-electron chi connectivity index (χ1n) is 5.57. The molecule has 0 unspecified atom stereocenters. The maximum atomic E-state index is 13.3. The van der Waals surface area contributed by atoms with Crippen LogP contribution in [0.15, 0.2) is 41.8 Å². The molecule has 0 spiro atoms. The quantitative estimate of drug-likeness (QED) is 0.874. The number of hydrogen-bond donors (Lipinski definition) is 2. The van der Waals surface area contributed by atoms with Gasteiger partial charge in [0.2, 0.25) is 0 Å². The summed E-state index contributed by atoms with van der Waals surface area (Å²) in [6.07, 6.45) is 0.477. The van der Waals surface area contributed by atoms with Crippen LogP contribution in [0.25, 0.3) is 0 Å². The van der Waals surface area contributed by atoms with Crippen LogP contribution < -0.4 is 10.6 Å². The Bertz CT molecular complexity index is 513. The molecule has 18 heavy (non-hydrogen) atoms. The lowest BCUT2D eigenvalue weighted by Gasteiger charge is -2.06. The van der Waals surface area contributed by atoms with Crippen molar-refractivity contribution in [1.82, 2.24) is 5.32 Å². The summed E-state index contributed by atoms with van der Waals surface area (Å²) in [6, 6.07) is 9.98. The van der Waals surface area contributed by atoms with E-state index < -0.39 is 0 Å². The molecule has 1 heterocycles. The van der Waals surface area contributed by atoms with Crippen LogP contribution in [0.5, 0.6) is 0 Å². The van der Waals surface area contributed by atoms with Crippen LogP contribution in [0.1, 0.15) is 5.56 Å². The molecule has 2 amide bonds. The third-order valence-electron chi connectivity index (χ3n) is 2.40. The van der Waals surface area contributed by atoms with E-state index in [0.29, 0.717) is 18.5 Å². The van der Waals surface area contributed by atoms with E-state index in [2.05, 4.69) is 10.6 Å². The molecule has 0 radical (unpaired) electrons. The van der Waals surface area contributed by atoms with Gasteiger partial charge in [0.15, 0.2) is 0 Å². The van der Waals surface area contributed by atoms with Gasteiger partial charge in [0.05, 0.1) is 5.00 Å². The number of halogens is 1. The number of rotatable bonds is 4. The number of benzene rings is 1. The van der Waals surface area contributed by atoms with Gasteiger partial charge in [-0.1, -0.05) is 18.2 Å². The average molecular weight is 264 g/mol. The molecule has 0 fully saturated rings. The maximum absolute atomic E-state index is 13.3. The van der Waals surface area contributed by atoms with Crippen molar-refractivity contribution in [1.29, 1.82) is 0 Å². The van der Waals surface area contributed by atoms with Crippen LogP contribution in [0.2, 0.25) is 0 Å². The van der Waals surface area contributed by atoms with Crippen LogP contribution in [-0.4, -0.2) is 12.6 Å². The van der Waals surface area contributed by atoms with Crippen LogP contribution in [-0.2, 0) is 6.42 Å². The second-order valence-corrected chi connectivity index (χ2v) is 4.65. The van der Waals surface area contributed by atoms with Crippen molar-refractivity contribution in [3.63, 3.8) is 0 Å². The van der Waals surface area contributed by atoms with E-state index in [-0.39, 0.29) is 11.8 Å². The van der Waals surface area contributed by atoms with Gasteiger partial charge >= 0.3 is 6.03 Å². The zero-order chi connectivity index (χ0) is 12.8. The van der Waals surface area contributed by atoms with Crippen molar-refractivity contribution in [2.75, 3.05) is 11.9 Å². The fourth-order valence-electron chi connectivity index (χ4n) is 1.52. The largest absolute Gasteiger partial charge is 0.338 e. The van der Waals surface area contributed by atoms with Crippen LogP contribution >= 0.6 is 11.3 Å². The zero-order valence-corrected chi connectivity index (χ0v) is 10.5. The van der Waals surface area contributed by atoms with Crippen molar-refractivity contribution in [2.24, 2.45) is 0 Å². The Balaban J connectivity index is 1.75. The molecule has 0 aliphatic heterocycles. The number of amides is 2. The summed E-state index contributed by atoms with van der Waals surface area (Å²) in [6.45, 7) is 0.401. The molecular formula is C13H13FN2OS. The topological polar surface area (TPSA) is 41.1 Å². The fraction of sp³-hybridized carbons (Fsp3) is 0.154. The Labute approximate surface area is 109 Å². The van der Waals surface area contributed by atoms with E-state index in [1.165, 1.54) is 17.4 Å². The highest BCUT2D eigenvalue weighted by Crippen LogP contribution is 2.14. The number of thiophene rings is 1. The lowest BCUT2D eigenvalue weighted by molar-refractivity contribution is 0.252. The van der Waals surface area contributed by atoms with E-state index in [9.17, 15) is 9.18 Å². The van der Waals surface area contributed by atoms with Crippen LogP contribution in [0.4, 0.5) is 14.2 Å². The number of nitrogens with one attached hydrogen (secondary N) is 2. The second-order valence-electron chi connectivity index (χ2n) is 3.70. The predicted octanol–water partition coefficient (Wildman–Crippen LogP) is 3.25. The second kappa shape index (κ2) is 6.16. The number of anilines is 1. The first-order valence-corrected chi connectivity index (χ1v) is 6.45. The summed E-state index contributed by atoms with van der Waals surface area (Å²) >= 11 is 1.45. The molecule has 3 nitrogen and oxygen atoms in total. The Morgan fingerprint density at radius 2 is 2.06 bits per heavy atom. The smallest absolute Gasteiger partial charge is 0.319 e. The van der Waals surface area contributed by atoms with Crippen LogP contribution in [0, 0.1) is 5.82 Å². The van der Waals surface area contributed by atoms with Crippen molar-refractivity contribution in [3.8, 4) is 0 Å². The molecule has 0 bridgehead atoms. The van der Waals surface area contributed by atoms with E-state index >= 15 is 0 Å². The van der Waals surface area contributed by atoms with Gasteiger partial charge in [0.1, 0.15) is 5.82 Å². The summed E-state index contributed by atoms with van der Waals surface area (Å²) in [5.41, 5.74) is 0.605. The summed E-state index contributed by atoms with van der Waals surface area (Å²) in [7, 11) is 0. The number of hydrogen-bond acceptors (Lipinski definition) is 2. The number of carbonyl (C=O) groups excluding carboxylic acids is 1. The normalized spacial score (nSPS) is 10.1. The maximum Gasteiger partial charge on any atom is 0.319 e. The highest BCUT2D eigenvalue weighted by Gasteiger charge is 2.03. The third kappa shape index (κ3) is 3.56. The molecule has 2 N–H and O–H groups in total. The summed E-state index contributed by atoms with van der Waals surface area (Å²) in [4.78, 5) is 11.5. The SMILES string of the molecule is O=C(NCCc1ccccc1F)Nc1cccs1. The Kier molecular flexibility index (Phi) is 4.30. The monoisotopic (exact) mass is 264 g/mol. The summed E-state index contributed by atoms with van der Waals surface area (Å²) in [5, 5.41) is 8.06. The molecule has 5 heteroatoms. The molecule has 2 rings (SSSR count). The lowest BCUT2D eigenvalue weighted by atomic mass is 10.1.